The van der Waals surface area contributed by atoms with Crippen LogP contribution in [0.15, 0.2) is 18.2 Å². The monoisotopic (exact) mass is 401 g/mol. The number of likely N-dealkylation sites (N-methyl/N-ethyl adjacent to an activating group) is 1. The van der Waals surface area contributed by atoms with E-state index in [9.17, 15) is 29.6 Å². The van der Waals surface area contributed by atoms with E-state index in [0.29, 0.717) is 6.54 Å². The van der Waals surface area contributed by atoms with Crippen LogP contribution < -0.4 is 10.6 Å². The van der Waals surface area contributed by atoms with Crippen LogP contribution in [0.25, 0.3) is 0 Å². The number of amides is 1. The maximum Gasteiger partial charge on any atom is 0.410 e. The number of anilines is 2. The molecule has 2 aliphatic heterocycles. The maximum absolute atomic E-state index is 14.4. The van der Waals surface area contributed by atoms with E-state index in [0.717, 1.165) is 6.07 Å². The van der Waals surface area contributed by atoms with Gasteiger partial charge in [-0.05, 0) is 18.2 Å². The highest BCUT2D eigenvalue weighted by molar-refractivity contribution is 5.69. The predicted molar refractivity (Wildman–Crippen MR) is 95.2 cm³/mol. The van der Waals surface area contributed by atoms with E-state index in [1.165, 1.54) is 17.0 Å². The Morgan fingerprint density at radius 2 is 2.00 bits per heavy atom. The fraction of sp³-hybridized carbons (Fsp3) is 0.588. The minimum Gasteiger partial charge on any atom is -0.442 e. The van der Waals surface area contributed by atoms with Crippen LogP contribution in [0.1, 0.15) is 0 Å². The zero-order valence-electron chi connectivity index (χ0n) is 15.2. The first-order valence-electron chi connectivity index (χ1n) is 8.82. The van der Waals surface area contributed by atoms with Crippen molar-refractivity contribution in [3.8, 4) is 0 Å². The van der Waals surface area contributed by atoms with Crippen LogP contribution in [0, 0.1) is 5.82 Å². The highest BCUT2D eigenvalue weighted by Gasteiger charge is 2.43. The number of aliphatic hydroxyl groups is 4. The summed E-state index contributed by atoms with van der Waals surface area (Å²) in [6.07, 6.45) is -7.49. The van der Waals surface area contributed by atoms with Gasteiger partial charge in [0.1, 0.15) is 36.3 Å². The number of carbonyl (C=O) groups is 1. The van der Waals surface area contributed by atoms with E-state index >= 15 is 0 Å². The van der Waals surface area contributed by atoms with Crippen LogP contribution in [0.4, 0.5) is 20.6 Å². The third-order valence-corrected chi connectivity index (χ3v) is 4.75. The molecule has 3 rings (SSSR count). The van der Waals surface area contributed by atoms with Crippen LogP contribution in [-0.2, 0) is 9.47 Å². The number of halogens is 1. The zero-order valence-corrected chi connectivity index (χ0v) is 15.2. The van der Waals surface area contributed by atoms with Gasteiger partial charge < -0.3 is 45.4 Å². The molecule has 2 fully saturated rings. The molecule has 156 valence electrons. The molecule has 11 heteroatoms. The second-order valence-electron chi connectivity index (χ2n) is 6.86. The molecule has 0 aliphatic carbocycles. The largest absolute Gasteiger partial charge is 0.442 e. The Balaban J connectivity index is 1.60. The lowest BCUT2D eigenvalue weighted by molar-refractivity contribution is -0.221. The second kappa shape index (κ2) is 8.45. The van der Waals surface area contributed by atoms with Crippen molar-refractivity contribution in [2.24, 2.45) is 0 Å². The summed E-state index contributed by atoms with van der Waals surface area (Å²) in [4.78, 5) is 12.8. The summed E-state index contributed by atoms with van der Waals surface area (Å²) in [5.41, 5.74) is 0.462. The molecule has 1 aromatic rings. The molecule has 1 aromatic carbocycles. The van der Waals surface area contributed by atoms with E-state index in [1.807, 2.05) is 0 Å². The van der Waals surface area contributed by atoms with Crippen molar-refractivity contribution in [3.05, 3.63) is 24.0 Å². The third kappa shape index (κ3) is 4.28. The fourth-order valence-electron chi connectivity index (χ4n) is 3.11. The van der Waals surface area contributed by atoms with Gasteiger partial charge in [-0.2, -0.15) is 0 Å². The molecule has 2 aliphatic rings. The number of cyclic esters (lactones) is 1. The van der Waals surface area contributed by atoms with E-state index < -0.39 is 49.2 Å². The Bertz CT molecular complexity index is 707. The fourth-order valence-corrected chi connectivity index (χ4v) is 3.11. The minimum absolute atomic E-state index is 0.199. The number of nitrogens with zero attached hydrogens (tertiary/aromatic N) is 1. The van der Waals surface area contributed by atoms with Crippen LogP contribution >= 0.6 is 0 Å². The molecule has 2 saturated heterocycles. The molecule has 0 aromatic heterocycles. The van der Waals surface area contributed by atoms with Gasteiger partial charge in [-0.1, -0.05) is 0 Å². The van der Waals surface area contributed by atoms with Gasteiger partial charge in [0.25, 0.3) is 0 Å². The van der Waals surface area contributed by atoms with Gasteiger partial charge in [0, 0.05) is 12.7 Å². The number of aliphatic hydroxyl groups excluding tert-OH is 4. The molecule has 2 heterocycles. The van der Waals surface area contributed by atoms with Gasteiger partial charge in [-0.3, -0.25) is 0 Å². The van der Waals surface area contributed by atoms with Crippen molar-refractivity contribution >= 4 is 17.5 Å². The van der Waals surface area contributed by atoms with Crippen LogP contribution in [-0.4, -0.2) is 94.9 Å². The van der Waals surface area contributed by atoms with Gasteiger partial charge in [-0.15, -0.1) is 0 Å². The zero-order chi connectivity index (χ0) is 20.4. The third-order valence-electron chi connectivity index (χ3n) is 4.75. The molecule has 0 bridgehead atoms. The topological polar surface area (TPSA) is 144 Å². The van der Waals surface area contributed by atoms with Crippen LogP contribution in [0.3, 0.4) is 0 Å². The predicted octanol–water partition coefficient (Wildman–Crippen LogP) is -1.10. The van der Waals surface area contributed by atoms with Crippen molar-refractivity contribution in [3.63, 3.8) is 0 Å². The van der Waals surface area contributed by atoms with Crippen molar-refractivity contribution < 1.29 is 39.1 Å². The van der Waals surface area contributed by atoms with Crippen LogP contribution in [0.2, 0.25) is 0 Å². The highest BCUT2D eigenvalue weighted by Crippen LogP contribution is 2.25. The lowest BCUT2D eigenvalue weighted by Gasteiger charge is -2.40. The average Bonchev–Trinajstić information content (AvgIpc) is 2.99. The summed E-state index contributed by atoms with van der Waals surface area (Å²) < 4.78 is 24.8. The first-order chi connectivity index (χ1) is 13.3. The van der Waals surface area contributed by atoms with E-state index in [4.69, 9.17) is 9.47 Å². The normalized spacial score (nSPS) is 32.9. The van der Waals surface area contributed by atoms with Gasteiger partial charge in [-0.25, -0.2) is 9.18 Å². The van der Waals surface area contributed by atoms with Crippen molar-refractivity contribution in [1.82, 2.24) is 4.90 Å². The Morgan fingerprint density at radius 1 is 1.25 bits per heavy atom. The van der Waals surface area contributed by atoms with Crippen LogP contribution in [0.5, 0.6) is 0 Å². The minimum atomic E-state index is -1.53. The number of benzene rings is 1. The number of rotatable bonds is 6. The summed E-state index contributed by atoms with van der Waals surface area (Å²) in [7, 11) is 1.61. The van der Waals surface area contributed by atoms with Crippen molar-refractivity contribution in [1.29, 1.82) is 0 Å². The lowest BCUT2D eigenvalue weighted by atomic mass is 9.98. The molecule has 6 atom stereocenters. The molecule has 28 heavy (non-hydrogen) atoms. The summed E-state index contributed by atoms with van der Waals surface area (Å²) in [6.45, 7) is 0.0952. The SMILES string of the molecule is CN1C[C@H](CNc2ccc(N[C@H]3OC(CO)[C@@H](O)[C@@H](O)C3O)cc2F)OC1=O. The Kier molecular flexibility index (Phi) is 6.20. The van der Waals surface area contributed by atoms with Gasteiger partial charge in [0.15, 0.2) is 6.23 Å². The van der Waals surface area contributed by atoms with E-state index in [2.05, 4.69) is 10.6 Å². The summed E-state index contributed by atoms with van der Waals surface area (Å²) in [5, 5.41) is 44.4. The first kappa shape index (κ1) is 20.6. The first-order valence-corrected chi connectivity index (χ1v) is 8.82. The van der Waals surface area contributed by atoms with Crippen molar-refractivity contribution in [2.45, 2.75) is 36.7 Å². The number of nitrogens with one attached hydrogen (secondary N) is 2. The van der Waals surface area contributed by atoms with E-state index in [-0.39, 0.29) is 24.0 Å². The summed E-state index contributed by atoms with van der Waals surface area (Å²) in [5.74, 6) is -0.590. The second-order valence-corrected chi connectivity index (χ2v) is 6.86. The highest BCUT2D eigenvalue weighted by atomic mass is 19.1. The Hall–Kier alpha value is -2.18. The smallest absolute Gasteiger partial charge is 0.410 e. The Labute approximate surface area is 160 Å². The van der Waals surface area contributed by atoms with Gasteiger partial charge in [0.05, 0.1) is 25.4 Å². The number of carbonyl (C=O) groups excluding carboxylic acids is 1. The standard InChI is InChI=1S/C17H24FN3O7/c1-21-6-9(27-17(21)26)5-19-11-3-2-8(4-10(11)18)20-16-15(25)14(24)13(23)12(7-22)28-16/h2-4,9,12-16,19-20,22-25H,5-7H2,1H3/t9-,12?,13+,14+,15?,16-/m0/s1. The lowest BCUT2D eigenvalue weighted by Crippen LogP contribution is -2.60. The molecule has 1 amide bonds. The molecule has 6 N–H and O–H groups in total. The summed E-state index contributed by atoms with van der Waals surface area (Å²) in [6, 6.07) is 4.15. The molecule has 0 spiro atoms. The molecule has 10 nitrogen and oxygen atoms in total. The van der Waals surface area contributed by atoms with Crippen molar-refractivity contribution in [2.75, 3.05) is 37.4 Å². The van der Waals surface area contributed by atoms with Gasteiger partial charge >= 0.3 is 6.09 Å². The van der Waals surface area contributed by atoms with E-state index in [1.54, 1.807) is 7.05 Å². The Morgan fingerprint density at radius 3 is 2.61 bits per heavy atom. The molecular formula is C17H24FN3O7. The summed E-state index contributed by atoms with van der Waals surface area (Å²) >= 11 is 0. The maximum atomic E-state index is 14.4. The number of hydrogen-bond donors (Lipinski definition) is 6. The molecule has 2 unspecified atom stereocenters. The molecule has 0 radical (unpaired) electrons. The molecule has 0 saturated carbocycles. The quantitative estimate of drug-likeness (QED) is 0.350. The molecular weight excluding hydrogens is 377 g/mol. The van der Waals surface area contributed by atoms with Gasteiger partial charge in [0.2, 0.25) is 0 Å². The number of hydrogen-bond acceptors (Lipinski definition) is 9. The average molecular weight is 401 g/mol. The number of ether oxygens (including phenoxy) is 2.